The zero-order valence-corrected chi connectivity index (χ0v) is 8.44. The molecule has 2 rings (SSSR count). The Hall–Kier alpha value is -1.58. The molecule has 0 bridgehead atoms. The van der Waals surface area contributed by atoms with Crippen LogP contribution in [0.3, 0.4) is 0 Å². The molecule has 1 aliphatic rings. The second-order valence-electron chi connectivity index (χ2n) is 3.75. The summed E-state index contributed by atoms with van der Waals surface area (Å²) in [7, 11) is 1.96. The molecule has 2 heterocycles. The maximum atomic E-state index is 5.75. The van der Waals surface area contributed by atoms with Gasteiger partial charge in [-0.2, -0.15) is 0 Å². The maximum absolute atomic E-state index is 5.75. The van der Waals surface area contributed by atoms with Gasteiger partial charge in [0.05, 0.1) is 12.1 Å². The highest BCUT2D eigenvalue weighted by Gasteiger charge is 2.36. The lowest BCUT2D eigenvalue weighted by Gasteiger charge is -2.33. The molecule has 0 aromatic carbocycles. The molecule has 1 aromatic heterocycles. The molecule has 1 aliphatic heterocycles. The fraction of sp³-hybridized carbons (Fsp3) is 0.400. The van der Waals surface area contributed by atoms with E-state index in [1.54, 1.807) is 6.20 Å². The van der Waals surface area contributed by atoms with Crippen molar-refractivity contribution in [3.63, 3.8) is 0 Å². The van der Waals surface area contributed by atoms with Gasteiger partial charge in [0.25, 0.3) is 0 Å². The van der Waals surface area contributed by atoms with E-state index in [1.807, 2.05) is 24.2 Å². The molecular weight excluding hydrogens is 176 g/mol. The van der Waals surface area contributed by atoms with Crippen LogP contribution in [0.5, 0.6) is 0 Å². The number of nitrogens with zero attached hydrogens (tertiary/aromatic N) is 3. The van der Waals surface area contributed by atoms with E-state index in [1.165, 1.54) is 0 Å². The number of likely N-dealkylation sites (N-methyl/N-ethyl adjacent to an activating group) is 1. The van der Waals surface area contributed by atoms with E-state index in [-0.39, 0.29) is 5.54 Å². The number of aliphatic imine (C=N–C) groups is 1. The van der Waals surface area contributed by atoms with E-state index in [4.69, 9.17) is 5.73 Å². The molecule has 0 amide bonds. The van der Waals surface area contributed by atoms with Gasteiger partial charge < -0.3 is 10.6 Å². The topological polar surface area (TPSA) is 54.5 Å². The maximum Gasteiger partial charge on any atom is 0.191 e. The lowest BCUT2D eigenvalue weighted by molar-refractivity contribution is 0.266. The minimum Gasteiger partial charge on any atom is -0.370 e. The molecule has 1 atom stereocenters. The number of rotatable bonds is 1. The van der Waals surface area contributed by atoms with E-state index in [0.29, 0.717) is 12.5 Å². The molecule has 0 saturated heterocycles. The van der Waals surface area contributed by atoms with Crippen LogP contribution in [0.4, 0.5) is 0 Å². The first-order valence-corrected chi connectivity index (χ1v) is 4.59. The summed E-state index contributed by atoms with van der Waals surface area (Å²) in [6, 6.07) is 3.99. The van der Waals surface area contributed by atoms with Crippen LogP contribution in [0.2, 0.25) is 0 Å². The van der Waals surface area contributed by atoms with E-state index >= 15 is 0 Å². The summed E-state index contributed by atoms with van der Waals surface area (Å²) in [5, 5.41) is 0. The Balaban J connectivity index is 2.36. The van der Waals surface area contributed by atoms with Crippen LogP contribution < -0.4 is 5.73 Å². The quantitative estimate of drug-likeness (QED) is 0.704. The minimum atomic E-state index is -0.141. The molecule has 2 N–H and O–H groups in total. The van der Waals surface area contributed by atoms with Crippen molar-refractivity contribution in [3.8, 4) is 0 Å². The summed E-state index contributed by atoms with van der Waals surface area (Å²) in [4.78, 5) is 10.3. The summed E-state index contributed by atoms with van der Waals surface area (Å²) in [6.45, 7) is 2.81. The van der Waals surface area contributed by atoms with Crippen LogP contribution in [0.25, 0.3) is 0 Å². The van der Waals surface area contributed by atoms with Crippen LogP contribution in [0, 0.1) is 0 Å². The molecule has 1 aromatic rings. The van der Waals surface area contributed by atoms with E-state index in [9.17, 15) is 0 Å². The van der Waals surface area contributed by atoms with Gasteiger partial charge in [-0.15, -0.1) is 0 Å². The highest BCUT2D eigenvalue weighted by atomic mass is 15.3. The highest BCUT2D eigenvalue weighted by molar-refractivity contribution is 5.80. The molecule has 14 heavy (non-hydrogen) atoms. The highest BCUT2D eigenvalue weighted by Crippen LogP contribution is 2.30. The molecule has 4 nitrogen and oxygen atoms in total. The Bertz CT molecular complexity index is 360. The normalized spacial score (nSPS) is 26.4. The number of guanidine groups is 1. The van der Waals surface area contributed by atoms with Crippen molar-refractivity contribution in [1.29, 1.82) is 0 Å². The monoisotopic (exact) mass is 190 g/mol. The van der Waals surface area contributed by atoms with Crippen molar-refractivity contribution < 1.29 is 0 Å². The summed E-state index contributed by atoms with van der Waals surface area (Å²) in [5.41, 5.74) is 6.75. The van der Waals surface area contributed by atoms with Gasteiger partial charge in [0.1, 0.15) is 0 Å². The molecule has 4 heteroatoms. The molecule has 0 saturated carbocycles. The summed E-state index contributed by atoms with van der Waals surface area (Å²) in [6.07, 6.45) is 3.64. The van der Waals surface area contributed by atoms with Crippen LogP contribution in [-0.4, -0.2) is 29.4 Å². The van der Waals surface area contributed by atoms with Gasteiger partial charge in [0.15, 0.2) is 5.96 Å². The standard InChI is InChI=1S/C10H14N4/c1-10(7-13-9(11)14(10)2)8-4-3-5-12-6-8/h3-6H,7H2,1-2H3,(H2,11,13). The average molecular weight is 190 g/mol. The predicted octanol–water partition coefficient (Wildman–Crippen LogP) is 0.557. The van der Waals surface area contributed by atoms with Crippen molar-refractivity contribution >= 4 is 5.96 Å². The zero-order valence-electron chi connectivity index (χ0n) is 8.44. The second kappa shape index (κ2) is 2.97. The molecule has 0 spiro atoms. The average Bonchev–Trinajstić information content (AvgIpc) is 2.49. The molecule has 1 unspecified atom stereocenters. The Kier molecular flexibility index (Phi) is 1.91. The Morgan fingerprint density at radius 1 is 1.57 bits per heavy atom. The fourth-order valence-electron chi connectivity index (χ4n) is 1.67. The predicted molar refractivity (Wildman–Crippen MR) is 55.8 cm³/mol. The first-order chi connectivity index (χ1) is 6.64. The number of nitrogens with two attached hydrogens (primary N) is 1. The third kappa shape index (κ3) is 1.14. The van der Waals surface area contributed by atoms with Crippen molar-refractivity contribution in [3.05, 3.63) is 30.1 Å². The molecule has 0 radical (unpaired) electrons. The number of aromatic nitrogens is 1. The van der Waals surface area contributed by atoms with Gasteiger partial charge in [-0.05, 0) is 18.6 Å². The van der Waals surface area contributed by atoms with Crippen LogP contribution in [0.1, 0.15) is 12.5 Å². The Labute approximate surface area is 83.5 Å². The van der Waals surface area contributed by atoms with E-state index in [0.717, 1.165) is 5.56 Å². The lowest BCUT2D eigenvalue weighted by atomic mass is 9.93. The van der Waals surface area contributed by atoms with Gasteiger partial charge in [0.2, 0.25) is 0 Å². The number of hydrogen-bond donors (Lipinski definition) is 1. The minimum absolute atomic E-state index is 0.141. The van der Waals surface area contributed by atoms with E-state index < -0.39 is 0 Å². The van der Waals surface area contributed by atoms with Crippen LogP contribution in [0.15, 0.2) is 29.5 Å². The molecule has 0 aliphatic carbocycles. The smallest absolute Gasteiger partial charge is 0.191 e. The molecular formula is C10H14N4. The van der Waals surface area contributed by atoms with Crippen LogP contribution >= 0.6 is 0 Å². The first-order valence-electron chi connectivity index (χ1n) is 4.59. The second-order valence-corrected chi connectivity index (χ2v) is 3.75. The van der Waals surface area contributed by atoms with Gasteiger partial charge in [0, 0.05) is 19.4 Å². The van der Waals surface area contributed by atoms with Gasteiger partial charge >= 0.3 is 0 Å². The van der Waals surface area contributed by atoms with Crippen molar-refractivity contribution in [2.45, 2.75) is 12.5 Å². The third-order valence-electron chi connectivity index (χ3n) is 2.92. The number of hydrogen-bond acceptors (Lipinski definition) is 4. The fourth-order valence-corrected chi connectivity index (χ4v) is 1.67. The Morgan fingerprint density at radius 2 is 2.36 bits per heavy atom. The zero-order chi connectivity index (χ0) is 10.2. The lowest BCUT2D eigenvalue weighted by Crippen LogP contribution is -2.44. The van der Waals surface area contributed by atoms with Crippen molar-refractivity contribution in [2.75, 3.05) is 13.6 Å². The first kappa shape index (κ1) is 8.99. The van der Waals surface area contributed by atoms with Crippen molar-refractivity contribution in [2.24, 2.45) is 10.7 Å². The van der Waals surface area contributed by atoms with Gasteiger partial charge in [-0.25, -0.2) is 0 Å². The van der Waals surface area contributed by atoms with Gasteiger partial charge in [-0.1, -0.05) is 6.07 Å². The largest absolute Gasteiger partial charge is 0.370 e. The summed E-state index contributed by atoms with van der Waals surface area (Å²) >= 11 is 0. The van der Waals surface area contributed by atoms with E-state index in [2.05, 4.69) is 23.0 Å². The third-order valence-corrected chi connectivity index (χ3v) is 2.92. The van der Waals surface area contributed by atoms with Gasteiger partial charge in [-0.3, -0.25) is 9.98 Å². The molecule has 74 valence electrons. The van der Waals surface area contributed by atoms with Crippen LogP contribution in [-0.2, 0) is 5.54 Å². The summed E-state index contributed by atoms with van der Waals surface area (Å²) in [5.74, 6) is 0.594. The van der Waals surface area contributed by atoms with Crippen molar-refractivity contribution in [1.82, 2.24) is 9.88 Å². The summed E-state index contributed by atoms with van der Waals surface area (Å²) < 4.78 is 0. The SMILES string of the molecule is CN1C(N)=NCC1(C)c1cccnc1. The Morgan fingerprint density at radius 3 is 2.86 bits per heavy atom. The number of pyridine rings is 1. The molecule has 0 fully saturated rings.